The van der Waals surface area contributed by atoms with Gasteiger partial charge in [-0.3, -0.25) is 4.79 Å². The number of hydrogen-bond acceptors (Lipinski definition) is 4. The predicted octanol–water partition coefficient (Wildman–Crippen LogP) is 2.01. The van der Waals surface area contributed by atoms with Crippen LogP contribution in [0.15, 0.2) is 24.3 Å². The number of rotatable bonds is 7. The first-order valence-corrected chi connectivity index (χ1v) is 8.48. The van der Waals surface area contributed by atoms with Crippen molar-refractivity contribution in [3.05, 3.63) is 24.3 Å². The van der Waals surface area contributed by atoms with Crippen LogP contribution in [-0.2, 0) is 4.79 Å². The number of carbonyl (C=O) groups is 1. The van der Waals surface area contributed by atoms with E-state index in [9.17, 15) is 4.79 Å². The number of ether oxygens (including phenoxy) is 1. The molecule has 0 spiro atoms. The maximum Gasteiger partial charge on any atom is 0.237 e. The Morgan fingerprint density at radius 2 is 2.22 bits per heavy atom. The summed E-state index contributed by atoms with van der Waals surface area (Å²) in [4.78, 5) is 14.4. The van der Waals surface area contributed by atoms with Crippen molar-refractivity contribution in [1.82, 2.24) is 5.32 Å². The number of para-hydroxylation sites is 2. The molecule has 0 bridgehead atoms. The van der Waals surface area contributed by atoms with E-state index in [2.05, 4.69) is 23.2 Å². The number of hydrogen-bond donors (Lipinski definition) is 2. The minimum atomic E-state index is -0.410. The van der Waals surface area contributed by atoms with E-state index < -0.39 is 6.04 Å². The topological polar surface area (TPSA) is 67.6 Å². The molecular weight excluding hydrogens is 290 g/mol. The molecule has 0 saturated carbocycles. The number of anilines is 1. The zero-order valence-electron chi connectivity index (χ0n) is 14.4. The molecule has 0 aromatic heterocycles. The summed E-state index contributed by atoms with van der Waals surface area (Å²) >= 11 is 0. The maximum absolute atomic E-state index is 12.1. The van der Waals surface area contributed by atoms with Crippen molar-refractivity contribution in [2.75, 3.05) is 31.6 Å². The third-order valence-corrected chi connectivity index (χ3v) is 4.84. The van der Waals surface area contributed by atoms with Crippen LogP contribution >= 0.6 is 0 Å². The molecule has 1 heterocycles. The highest BCUT2D eigenvalue weighted by atomic mass is 16.5. The van der Waals surface area contributed by atoms with Crippen LogP contribution in [0.25, 0.3) is 0 Å². The van der Waals surface area contributed by atoms with Gasteiger partial charge >= 0.3 is 0 Å². The van der Waals surface area contributed by atoms with Crippen molar-refractivity contribution in [2.45, 2.75) is 32.7 Å². The molecule has 3 N–H and O–H groups in total. The number of nitrogens with zero attached hydrogens (tertiary/aromatic N) is 1. The molecule has 3 atom stereocenters. The number of nitrogens with two attached hydrogens (primary N) is 1. The van der Waals surface area contributed by atoms with Crippen LogP contribution in [0.2, 0.25) is 0 Å². The second-order valence-corrected chi connectivity index (χ2v) is 6.43. The molecule has 128 valence electrons. The zero-order valence-corrected chi connectivity index (χ0v) is 14.4. The number of methoxy groups -OCH3 is 1. The van der Waals surface area contributed by atoms with Crippen LogP contribution < -0.4 is 20.7 Å². The van der Waals surface area contributed by atoms with E-state index in [1.165, 1.54) is 0 Å². The van der Waals surface area contributed by atoms with Gasteiger partial charge in [-0.05, 0) is 30.4 Å². The highest BCUT2D eigenvalue weighted by Crippen LogP contribution is 2.31. The molecule has 1 fully saturated rings. The second-order valence-electron chi connectivity index (χ2n) is 6.43. The van der Waals surface area contributed by atoms with Gasteiger partial charge in [0.1, 0.15) is 5.75 Å². The Kier molecular flexibility index (Phi) is 6.28. The average molecular weight is 319 g/mol. The van der Waals surface area contributed by atoms with Gasteiger partial charge in [0.15, 0.2) is 0 Å². The summed E-state index contributed by atoms with van der Waals surface area (Å²) in [5.41, 5.74) is 7.10. The quantitative estimate of drug-likeness (QED) is 0.807. The normalized spacial score (nSPS) is 20.2. The molecule has 5 heteroatoms. The summed E-state index contributed by atoms with van der Waals surface area (Å²) in [5, 5.41) is 3.02. The first kappa shape index (κ1) is 17.6. The van der Waals surface area contributed by atoms with E-state index >= 15 is 0 Å². The Balaban J connectivity index is 1.85. The molecule has 0 aliphatic carbocycles. The highest BCUT2D eigenvalue weighted by Gasteiger charge is 2.26. The molecular formula is C18H29N3O2. The van der Waals surface area contributed by atoms with E-state index in [-0.39, 0.29) is 11.8 Å². The largest absolute Gasteiger partial charge is 0.495 e. The second kappa shape index (κ2) is 8.20. The first-order chi connectivity index (χ1) is 11.1. The van der Waals surface area contributed by atoms with Crippen molar-refractivity contribution in [3.63, 3.8) is 0 Å². The monoisotopic (exact) mass is 319 g/mol. The summed E-state index contributed by atoms with van der Waals surface area (Å²) in [6.45, 7) is 6.68. The fourth-order valence-electron chi connectivity index (χ4n) is 2.98. The van der Waals surface area contributed by atoms with E-state index in [0.717, 1.165) is 37.4 Å². The lowest BCUT2D eigenvalue weighted by Crippen LogP contribution is -2.46. The molecule has 5 nitrogen and oxygen atoms in total. The van der Waals surface area contributed by atoms with Crippen molar-refractivity contribution >= 4 is 11.6 Å². The number of nitrogens with one attached hydrogen (secondary N) is 1. The third kappa shape index (κ3) is 4.38. The smallest absolute Gasteiger partial charge is 0.237 e. The summed E-state index contributed by atoms with van der Waals surface area (Å²) in [6, 6.07) is 7.66. The summed E-state index contributed by atoms with van der Waals surface area (Å²) in [5.74, 6) is 1.53. The zero-order chi connectivity index (χ0) is 16.8. The van der Waals surface area contributed by atoms with Gasteiger partial charge in [-0.1, -0.05) is 32.4 Å². The lowest BCUT2D eigenvalue weighted by molar-refractivity contribution is -0.123. The third-order valence-electron chi connectivity index (χ3n) is 4.84. The van der Waals surface area contributed by atoms with Crippen molar-refractivity contribution in [3.8, 4) is 5.75 Å². The maximum atomic E-state index is 12.1. The van der Waals surface area contributed by atoms with Gasteiger partial charge in [0.05, 0.1) is 18.8 Å². The van der Waals surface area contributed by atoms with Crippen LogP contribution in [0.5, 0.6) is 5.75 Å². The minimum absolute atomic E-state index is 0.0323. The predicted molar refractivity (Wildman–Crippen MR) is 93.8 cm³/mol. The van der Waals surface area contributed by atoms with Gasteiger partial charge in [-0.2, -0.15) is 0 Å². The molecule has 1 aliphatic heterocycles. The van der Waals surface area contributed by atoms with Gasteiger partial charge in [-0.15, -0.1) is 0 Å². The van der Waals surface area contributed by atoms with E-state index in [1.807, 2.05) is 25.1 Å². The van der Waals surface area contributed by atoms with E-state index in [4.69, 9.17) is 10.5 Å². The molecule has 1 aromatic carbocycles. The van der Waals surface area contributed by atoms with Gasteiger partial charge < -0.3 is 20.7 Å². The first-order valence-electron chi connectivity index (χ1n) is 8.48. The van der Waals surface area contributed by atoms with Crippen LogP contribution in [0, 0.1) is 11.8 Å². The molecule has 0 radical (unpaired) electrons. The molecule has 3 unspecified atom stereocenters. The Hall–Kier alpha value is -1.75. The fourth-order valence-corrected chi connectivity index (χ4v) is 2.98. The summed E-state index contributed by atoms with van der Waals surface area (Å²) < 4.78 is 5.43. The minimum Gasteiger partial charge on any atom is -0.495 e. The molecule has 1 saturated heterocycles. The molecule has 1 aromatic rings. The van der Waals surface area contributed by atoms with Gasteiger partial charge in [0.25, 0.3) is 0 Å². The number of amides is 1. The van der Waals surface area contributed by atoms with Crippen LogP contribution in [0.4, 0.5) is 5.69 Å². The van der Waals surface area contributed by atoms with Crippen molar-refractivity contribution < 1.29 is 9.53 Å². The molecule has 1 amide bonds. The van der Waals surface area contributed by atoms with Crippen LogP contribution in [0.3, 0.4) is 0 Å². The summed E-state index contributed by atoms with van der Waals surface area (Å²) in [6.07, 6.45) is 1.98. The van der Waals surface area contributed by atoms with Crippen LogP contribution in [-0.4, -0.2) is 38.7 Å². The van der Waals surface area contributed by atoms with Gasteiger partial charge in [-0.25, -0.2) is 0 Å². The van der Waals surface area contributed by atoms with E-state index in [0.29, 0.717) is 12.5 Å². The van der Waals surface area contributed by atoms with Crippen molar-refractivity contribution in [2.24, 2.45) is 17.6 Å². The average Bonchev–Trinajstić information content (AvgIpc) is 3.06. The van der Waals surface area contributed by atoms with Crippen molar-refractivity contribution in [1.29, 1.82) is 0 Å². The summed E-state index contributed by atoms with van der Waals surface area (Å²) in [7, 11) is 1.70. The Labute approximate surface area is 139 Å². The SMILES string of the molecule is CCC(C)C(N)C(=O)NCC1CCN(c2ccccc2OC)C1. The highest BCUT2D eigenvalue weighted by molar-refractivity contribution is 5.81. The fraction of sp³-hybridized carbons (Fsp3) is 0.611. The molecule has 23 heavy (non-hydrogen) atoms. The lowest BCUT2D eigenvalue weighted by atomic mass is 9.99. The van der Waals surface area contributed by atoms with Crippen LogP contribution in [0.1, 0.15) is 26.7 Å². The van der Waals surface area contributed by atoms with E-state index in [1.54, 1.807) is 7.11 Å². The number of benzene rings is 1. The molecule has 1 aliphatic rings. The Morgan fingerprint density at radius 1 is 1.48 bits per heavy atom. The number of carbonyl (C=O) groups excluding carboxylic acids is 1. The standard InChI is InChI=1S/C18H29N3O2/c1-4-13(2)17(19)18(22)20-11-14-9-10-21(12-14)15-7-5-6-8-16(15)23-3/h5-8,13-14,17H,4,9-12,19H2,1-3H3,(H,20,22). The lowest BCUT2D eigenvalue weighted by Gasteiger charge is -2.22. The Bertz CT molecular complexity index is 521. The molecule has 2 rings (SSSR count). The Morgan fingerprint density at radius 3 is 2.91 bits per heavy atom. The van der Waals surface area contributed by atoms with Gasteiger partial charge in [0, 0.05) is 19.6 Å². The van der Waals surface area contributed by atoms with Gasteiger partial charge in [0.2, 0.25) is 5.91 Å².